The molecule has 2 fully saturated rings. The zero-order valence-electron chi connectivity index (χ0n) is 18.8. The number of benzene rings is 2. The van der Waals surface area contributed by atoms with E-state index in [1.807, 2.05) is 25.1 Å². The summed E-state index contributed by atoms with van der Waals surface area (Å²) < 4.78 is 39.3. The van der Waals surface area contributed by atoms with E-state index < -0.39 is 10.0 Å². The number of anilines is 1. The number of fused-ring (bicyclic) bond motifs is 3. The van der Waals surface area contributed by atoms with Crippen molar-refractivity contribution < 1.29 is 22.7 Å². The molecule has 2 aromatic rings. The van der Waals surface area contributed by atoms with Gasteiger partial charge in [-0.2, -0.15) is 0 Å². The fourth-order valence-electron chi connectivity index (χ4n) is 5.60. The Kier molecular flexibility index (Phi) is 6.05. The number of aryl methyl sites for hydroxylation is 1. The molecule has 0 radical (unpaired) electrons. The van der Waals surface area contributed by atoms with Gasteiger partial charge >= 0.3 is 0 Å². The van der Waals surface area contributed by atoms with Crippen LogP contribution in [0.1, 0.15) is 44.6 Å². The predicted molar refractivity (Wildman–Crippen MR) is 125 cm³/mol. The molecule has 1 aliphatic heterocycles. The van der Waals surface area contributed by atoms with E-state index in [0.29, 0.717) is 36.1 Å². The fraction of sp³-hybridized carbons (Fsp3) is 0.480. The quantitative estimate of drug-likeness (QED) is 0.606. The number of sulfonamides is 1. The van der Waals surface area contributed by atoms with Crippen molar-refractivity contribution in [1.29, 1.82) is 0 Å². The van der Waals surface area contributed by atoms with Gasteiger partial charge in [-0.3, -0.25) is 4.79 Å². The van der Waals surface area contributed by atoms with Crippen LogP contribution in [0.25, 0.3) is 0 Å². The van der Waals surface area contributed by atoms with Crippen molar-refractivity contribution >= 4 is 21.6 Å². The van der Waals surface area contributed by atoms with Gasteiger partial charge in [-0.15, -0.1) is 0 Å². The van der Waals surface area contributed by atoms with Crippen LogP contribution < -0.4 is 19.5 Å². The Morgan fingerprint density at radius 3 is 2.58 bits per heavy atom. The van der Waals surface area contributed by atoms with Gasteiger partial charge < -0.3 is 14.8 Å². The summed E-state index contributed by atoms with van der Waals surface area (Å²) >= 11 is 0. The van der Waals surface area contributed by atoms with Gasteiger partial charge in [0.05, 0.1) is 4.90 Å². The van der Waals surface area contributed by atoms with Crippen molar-refractivity contribution in [2.75, 3.05) is 12.1 Å². The number of amides is 1. The summed E-state index contributed by atoms with van der Waals surface area (Å²) in [5.74, 6) is 3.15. The van der Waals surface area contributed by atoms with Gasteiger partial charge in [-0.05, 0) is 92.3 Å². The number of ether oxygens (including phenoxy) is 2. The summed E-state index contributed by atoms with van der Waals surface area (Å²) in [6.07, 6.45) is 5.78. The Morgan fingerprint density at radius 1 is 1.06 bits per heavy atom. The maximum Gasteiger partial charge on any atom is 0.240 e. The van der Waals surface area contributed by atoms with Crippen LogP contribution in [-0.2, 0) is 21.2 Å². The molecule has 0 aromatic heterocycles. The third-order valence-corrected chi connectivity index (χ3v) is 8.88. The number of nitrogens with one attached hydrogen (secondary N) is 2. The number of carbonyl (C=O) groups is 1. The largest absolute Gasteiger partial charge is 0.454 e. The first-order chi connectivity index (χ1) is 15.9. The minimum absolute atomic E-state index is 0.0686. The lowest BCUT2D eigenvalue weighted by Gasteiger charge is -2.28. The molecule has 2 aliphatic carbocycles. The highest BCUT2D eigenvalue weighted by molar-refractivity contribution is 7.89. The Labute approximate surface area is 194 Å². The Balaban J connectivity index is 1.14. The highest BCUT2D eigenvalue weighted by atomic mass is 32.2. The van der Waals surface area contributed by atoms with E-state index in [1.165, 1.54) is 19.3 Å². The van der Waals surface area contributed by atoms with Crippen molar-refractivity contribution in [3.05, 3.63) is 48.0 Å². The average Bonchev–Trinajstić information content (AvgIpc) is 3.54. The molecule has 4 atom stereocenters. The number of hydrogen-bond acceptors (Lipinski definition) is 5. The minimum Gasteiger partial charge on any atom is -0.454 e. The van der Waals surface area contributed by atoms with E-state index in [2.05, 4.69) is 10.0 Å². The SMILES string of the molecule is CC(NS(=O)(=O)c1ccc(NC(=O)CCc2ccc3c(c2)OCO3)cc1)C1CC2CCC1C2. The van der Waals surface area contributed by atoms with Crippen LogP contribution in [0.3, 0.4) is 0 Å². The maximum atomic E-state index is 12.9. The van der Waals surface area contributed by atoms with Gasteiger partial charge in [0.1, 0.15) is 0 Å². The number of hydrogen-bond donors (Lipinski definition) is 2. The van der Waals surface area contributed by atoms with Crippen LogP contribution in [-0.4, -0.2) is 27.2 Å². The summed E-state index contributed by atoms with van der Waals surface area (Å²) in [4.78, 5) is 12.6. The summed E-state index contributed by atoms with van der Waals surface area (Å²) in [5, 5.41) is 2.84. The van der Waals surface area contributed by atoms with Crippen LogP contribution in [0, 0.1) is 17.8 Å². The second-order valence-electron chi connectivity index (χ2n) is 9.51. The summed E-state index contributed by atoms with van der Waals surface area (Å²) in [5.41, 5.74) is 1.57. The number of rotatable bonds is 8. The molecular formula is C25H30N2O5S. The van der Waals surface area contributed by atoms with Crippen molar-refractivity contribution in [2.24, 2.45) is 17.8 Å². The van der Waals surface area contributed by atoms with Crippen LogP contribution in [0.4, 0.5) is 5.69 Å². The van der Waals surface area contributed by atoms with E-state index in [-0.39, 0.29) is 23.6 Å². The summed E-state index contributed by atoms with van der Waals surface area (Å²) in [6.45, 7) is 2.21. The highest BCUT2D eigenvalue weighted by Crippen LogP contribution is 2.49. The van der Waals surface area contributed by atoms with Crippen LogP contribution >= 0.6 is 0 Å². The van der Waals surface area contributed by atoms with E-state index in [1.54, 1.807) is 24.3 Å². The van der Waals surface area contributed by atoms with Crippen LogP contribution in [0.15, 0.2) is 47.4 Å². The Hall–Kier alpha value is -2.58. The molecule has 5 rings (SSSR count). The van der Waals surface area contributed by atoms with E-state index in [0.717, 1.165) is 23.7 Å². The lowest BCUT2D eigenvalue weighted by atomic mass is 9.84. The molecule has 4 unspecified atom stereocenters. The molecule has 176 valence electrons. The second kappa shape index (κ2) is 8.99. The van der Waals surface area contributed by atoms with Crippen LogP contribution in [0.5, 0.6) is 11.5 Å². The molecule has 0 spiro atoms. The molecule has 8 heteroatoms. The van der Waals surface area contributed by atoms with Crippen molar-refractivity contribution in [1.82, 2.24) is 4.72 Å². The average molecular weight is 471 g/mol. The molecule has 0 saturated heterocycles. The zero-order valence-corrected chi connectivity index (χ0v) is 19.6. The zero-order chi connectivity index (χ0) is 23.0. The van der Waals surface area contributed by atoms with Gasteiger partial charge in [0.15, 0.2) is 11.5 Å². The van der Waals surface area contributed by atoms with E-state index >= 15 is 0 Å². The smallest absolute Gasteiger partial charge is 0.240 e. The van der Waals surface area contributed by atoms with Gasteiger partial charge in [-0.1, -0.05) is 12.5 Å². The maximum absolute atomic E-state index is 12.9. The fourth-order valence-corrected chi connectivity index (χ4v) is 6.90. The van der Waals surface area contributed by atoms with Crippen molar-refractivity contribution in [3.8, 4) is 11.5 Å². The third kappa shape index (κ3) is 4.87. The van der Waals surface area contributed by atoms with Gasteiger partial charge in [0.25, 0.3) is 0 Å². The lowest BCUT2D eigenvalue weighted by molar-refractivity contribution is -0.116. The molecule has 1 heterocycles. The first-order valence-corrected chi connectivity index (χ1v) is 13.2. The predicted octanol–water partition coefficient (Wildman–Crippen LogP) is 4.09. The molecule has 2 aromatic carbocycles. The second-order valence-corrected chi connectivity index (χ2v) is 11.2. The van der Waals surface area contributed by atoms with E-state index in [4.69, 9.17) is 9.47 Å². The topological polar surface area (TPSA) is 93.7 Å². The van der Waals surface area contributed by atoms with Crippen LogP contribution in [0.2, 0.25) is 0 Å². The van der Waals surface area contributed by atoms with Crippen molar-refractivity contribution in [2.45, 2.75) is 56.4 Å². The monoisotopic (exact) mass is 470 g/mol. The first kappa shape index (κ1) is 22.2. The first-order valence-electron chi connectivity index (χ1n) is 11.7. The number of carbonyl (C=O) groups excluding carboxylic acids is 1. The Bertz CT molecular complexity index is 1130. The van der Waals surface area contributed by atoms with Gasteiger partial charge in [0.2, 0.25) is 22.7 Å². The summed E-state index contributed by atoms with van der Waals surface area (Å²) in [7, 11) is -3.60. The molecule has 7 nitrogen and oxygen atoms in total. The molecule has 33 heavy (non-hydrogen) atoms. The normalized spacial score (nSPS) is 24.1. The molecule has 1 amide bonds. The standard InChI is InChI=1S/C25H30N2O5S/c1-16(22-13-18-2-5-19(22)12-18)27-33(29,30)21-8-6-20(7-9-21)26-25(28)11-4-17-3-10-23-24(14-17)32-15-31-23/h3,6-10,14,16,18-19,22,27H,2,4-5,11-13,15H2,1H3,(H,26,28). The molecular weight excluding hydrogens is 440 g/mol. The molecule has 3 aliphatic rings. The van der Waals surface area contributed by atoms with E-state index in [9.17, 15) is 13.2 Å². The highest BCUT2D eigenvalue weighted by Gasteiger charge is 2.42. The minimum atomic E-state index is -3.60. The van der Waals surface area contributed by atoms with Crippen molar-refractivity contribution in [3.63, 3.8) is 0 Å². The molecule has 2 saturated carbocycles. The van der Waals surface area contributed by atoms with Gasteiger partial charge in [0, 0.05) is 18.2 Å². The molecule has 2 N–H and O–H groups in total. The third-order valence-electron chi connectivity index (χ3n) is 7.30. The van der Waals surface area contributed by atoms with Gasteiger partial charge in [-0.25, -0.2) is 13.1 Å². The Morgan fingerprint density at radius 2 is 1.85 bits per heavy atom. The summed E-state index contributed by atoms with van der Waals surface area (Å²) in [6, 6.07) is 11.9. The molecule has 2 bridgehead atoms. The lowest BCUT2D eigenvalue weighted by Crippen LogP contribution is -2.40.